The number of halogens is 1. The quantitative estimate of drug-likeness (QED) is 0.168. The third-order valence-corrected chi connectivity index (χ3v) is 8.77. The first-order valence-electron chi connectivity index (χ1n) is 13.2. The van der Waals surface area contributed by atoms with Crippen LogP contribution in [-0.4, -0.2) is 22.6 Å². The maximum absolute atomic E-state index is 11.2. The lowest BCUT2D eigenvalue weighted by atomic mass is 9.85. The number of hydrogen-bond donors (Lipinski definition) is 0. The highest BCUT2D eigenvalue weighted by Crippen LogP contribution is 2.55. The number of ether oxygens (including phenoxy) is 1. The first-order valence-corrected chi connectivity index (χ1v) is 14.5. The number of aromatic nitrogens is 1. The van der Waals surface area contributed by atoms with Gasteiger partial charge in [-0.15, -0.1) is 11.8 Å². The second-order valence-corrected chi connectivity index (χ2v) is 11.9. The standard InChI is InChI=1S/C31H34ClNO2S/c1-22(34)6-4-5-19-36-25-11-12-29(32)23(20-25)13-15-31(16-17-31)28-21-33-18-14-26(28)27-7-2-3-8-30(27)35-24-9-10-24/h2-3,7-8,11-12,14,18,20-21,24H,4-6,9-10,13,15-17,19H2,1H3. The lowest BCUT2D eigenvalue weighted by molar-refractivity contribution is -0.117. The first kappa shape index (κ1) is 25.4. The molecule has 0 N–H and O–H groups in total. The summed E-state index contributed by atoms with van der Waals surface area (Å²) in [5, 5.41) is 0.848. The highest BCUT2D eigenvalue weighted by molar-refractivity contribution is 7.99. The number of carbonyl (C=O) groups excluding carboxylic acids is 1. The summed E-state index contributed by atoms with van der Waals surface area (Å²) in [6, 6.07) is 17.0. The van der Waals surface area contributed by atoms with Crippen LogP contribution in [0.25, 0.3) is 11.1 Å². The Morgan fingerprint density at radius 1 is 1.11 bits per heavy atom. The summed E-state index contributed by atoms with van der Waals surface area (Å²) < 4.78 is 6.26. The number of unbranched alkanes of at least 4 members (excludes halogenated alkanes) is 1. The molecule has 0 aliphatic heterocycles. The zero-order valence-corrected chi connectivity index (χ0v) is 22.5. The number of para-hydroxylation sites is 1. The van der Waals surface area contributed by atoms with E-state index in [2.05, 4.69) is 53.6 Å². The van der Waals surface area contributed by atoms with Crippen LogP contribution < -0.4 is 4.74 Å². The van der Waals surface area contributed by atoms with Crippen molar-refractivity contribution in [2.24, 2.45) is 0 Å². The maximum Gasteiger partial charge on any atom is 0.129 e. The number of nitrogens with zero attached hydrogens (tertiary/aromatic N) is 1. The molecule has 2 aliphatic carbocycles. The van der Waals surface area contributed by atoms with Crippen molar-refractivity contribution < 1.29 is 9.53 Å². The van der Waals surface area contributed by atoms with Crippen LogP contribution in [0, 0.1) is 0 Å². The molecular formula is C31H34ClNO2S. The van der Waals surface area contributed by atoms with E-state index in [9.17, 15) is 4.79 Å². The van der Waals surface area contributed by atoms with Crippen molar-refractivity contribution in [3.05, 3.63) is 77.1 Å². The molecule has 0 amide bonds. The molecule has 5 rings (SSSR count). The van der Waals surface area contributed by atoms with Crippen LogP contribution in [0.15, 0.2) is 65.8 Å². The zero-order valence-electron chi connectivity index (χ0n) is 21.0. The number of benzene rings is 2. The molecule has 3 aromatic rings. The molecular weight excluding hydrogens is 486 g/mol. The number of ketones is 1. The SMILES string of the molecule is CC(=O)CCCCSc1ccc(Cl)c(CCC2(c3cnccc3-c3ccccc3OC3CC3)CC2)c1. The largest absolute Gasteiger partial charge is 0.490 e. The van der Waals surface area contributed by atoms with E-state index in [1.165, 1.54) is 40.0 Å². The Balaban J connectivity index is 1.29. The summed E-state index contributed by atoms with van der Waals surface area (Å²) in [7, 11) is 0. The van der Waals surface area contributed by atoms with Gasteiger partial charge in [0.2, 0.25) is 0 Å². The van der Waals surface area contributed by atoms with Gasteiger partial charge in [0.1, 0.15) is 11.5 Å². The van der Waals surface area contributed by atoms with E-state index in [1.807, 2.05) is 24.0 Å². The highest BCUT2D eigenvalue weighted by atomic mass is 35.5. The van der Waals surface area contributed by atoms with Gasteiger partial charge < -0.3 is 9.53 Å². The lowest BCUT2D eigenvalue weighted by Gasteiger charge is -2.21. The average molecular weight is 520 g/mol. The number of Topliss-reactive ketones (excluding diaryl/α,β-unsaturated/α-hetero) is 1. The Morgan fingerprint density at radius 3 is 2.72 bits per heavy atom. The van der Waals surface area contributed by atoms with E-state index in [0.717, 1.165) is 55.0 Å². The predicted molar refractivity (Wildman–Crippen MR) is 149 cm³/mol. The molecule has 0 radical (unpaired) electrons. The molecule has 0 bridgehead atoms. The smallest absolute Gasteiger partial charge is 0.129 e. The molecule has 2 saturated carbocycles. The van der Waals surface area contributed by atoms with Crippen molar-refractivity contribution in [3.63, 3.8) is 0 Å². The Labute approximate surface area is 224 Å². The molecule has 1 aromatic heterocycles. The average Bonchev–Trinajstić information content (AvgIpc) is 3.81. The van der Waals surface area contributed by atoms with Crippen molar-refractivity contribution in [2.75, 3.05) is 5.75 Å². The summed E-state index contributed by atoms with van der Waals surface area (Å²) in [6.45, 7) is 1.67. The summed E-state index contributed by atoms with van der Waals surface area (Å²) in [5.74, 6) is 2.29. The summed E-state index contributed by atoms with van der Waals surface area (Å²) >= 11 is 8.49. The number of pyridine rings is 1. The first-order chi connectivity index (χ1) is 17.5. The number of carbonyl (C=O) groups is 1. The summed E-state index contributed by atoms with van der Waals surface area (Å²) in [5.41, 5.74) is 5.13. The van der Waals surface area contributed by atoms with Crippen molar-refractivity contribution in [3.8, 4) is 16.9 Å². The van der Waals surface area contributed by atoms with Gasteiger partial charge in [-0.2, -0.15) is 0 Å². The van der Waals surface area contributed by atoms with Crippen molar-refractivity contribution >= 4 is 29.1 Å². The zero-order chi connectivity index (χ0) is 25.0. The van der Waals surface area contributed by atoms with E-state index >= 15 is 0 Å². The Bertz CT molecular complexity index is 1220. The van der Waals surface area contributed by atoms with Crippen molar-refractivity contribution in [1.82, 2.24) is 4.98 Å². The van der Waals surface area contributed by atoms with Gasteiger partial charge in [-0.1, -0.05) is 29.8 Å². The van der Waals surface area contributed by atoms with Crippen LogP contribution in [0.1, 0.15) is 69.4 Å². The molecule has 3 nitrogen and oxygen atoms in total. The fourth-order valence-electron chi connectivity index (χ4n) is 4.89. The van der Waals surface area contributed by atoms with Gasteiger partial charge in [-0.3, -0.25) is 4.98 Å². The van der Waals surface area contributed by atoms with Crippen LogP contribution in [-0.2, 0) is 16.6 Å². The third kappa shape index (κ3) is 6.33. The van der Waals surface area contributed by atoms with Gasteiger partial charge in [0.25, 0.3) is 0 Å². The van der Waals surface area contributed by atoms with Crippen LogP contribution >= 0.6 is 23.4 Å². The minimum Gasteiger partial charge on any atom is -0.490 e. The summed E-state index contributed by atoms with van der Waals surface area (Å²) in [6.07, 6.45) is 13.7. The molecule has 2 fully saturated rings. The van der Waals surface area contributed by atoms with Gasteiger partial charge in [0, 0.05) is 34.3 Å². The second-order valence-electron chi connectivity index (χ2n) is 10.3. The van der Waals surface area contributed by atoms with E-state index in [4.69, 9.17) is 16.3 Å². The Morgan fingerprint density at radius 2 is 1.94 bits per heavy atom. The Kier molecular flexibility index (Phi) is 8.03. The molecule has 2 aromatic carbocycles. The monoisotopic (exact) mass is 519 g/mol. The number of thioether (sulfide) groups is 1. The molecule has 36 heavy (non-hydrogen) atoms. The molecule has 0 spiro atoms. The predicted octanol–water partition coefficient (Wildman–Crippen LogP) is 8.46. The fraction of sp³-hybridized carbons (Fsp3) is 0.419. The topological polar surface area (TPSA) is 39.2 Å². The number of aryl methyl sites for hydroxylation is 1. The number of rotatable bonds is 13. The normalized spacial score (nSPS) is 16.1. The molecule has 1 heterocycles. The van der Waals surface area contributed by atoms with E-state index in [1.54, 1.807) is 6.92 Å². The van der Waals surface area contributed by atoms with Crippen LogP contribution in [0.4, 0.5) is 0 Å². The molecule has 188 valence electrons. The van der Waals surface area contributed by atoms with Crippen LogP contribution in [0.2, 0.25) is 5.02 Å². The summed E-state index contributed by atoms with van der Waals surface area (Å²) in [4.78, 5) is 16.9. The third-order valence-electron chi connectivity index (χ3n) is 7.32. The van der Waals surface area contributed by atoms with Crippen molar-refractivity contribution in [2.45, 2.75) is 81.1 Å². The highest BCUT2D eigenvalue weighted by Gasteiger charge is 2.45. The minimum atomic E-state index is 0.148. The van der Waals surface area contributed by atoms with Crippen LogP contribution in [0.3, 0.4) is 0 Å². The minimum absolute atomic E-state index is 0.148. The molecule has 0 atom stereocenters. The van der Waals surface area contributed by atoms with Gasteiger partial charge in [0.05, 0.1) is 6.10 Å². The van der Waals surface area contributed by atoms with Crippen LogP contribution in [0.5, 0.6) is 5.75 Å². The molecule has 5 heteroatoms. The molecule has 0 unspecified atom stereocenters. The second kappa shape index (κ2) is 11.4. The lowest BCUT2D eigenvalue weighted by Crippen LogP contribution is -2.11. The molecule has 0 saturated heterocycles. The Hall–Kier alpha value is -2.30. The maximum atomic E-state index is 11.2. The fourth-order valence-corrected chi connectivity index (χ4v) is 6.07. The van der Waals surface area contributed by atoms with Gasteiger partial charge in [-0.25, -0.2) is 0 Å². The van der Waals surface area contributed by atoms with Gasteiger partial charge >= 0.3 is 0 Å². The van der Waals surface area contributed by atoms with E-state index in [0.29, 0.717) is 12.5 Å². The van der Waals surface area contributed by atoms with E-state index < -0.39 is 0 Å². The van der Waals surface area contributed by atoms with Gasteiger partial charge in [0.15, 0.2) is 0 Å². The number of hydrogen-bond acceptors (Lipinski definition) is 4. The van der Waals surface area contributed by atoms with Gasteiger partial charge in [-0.05, 0) is 116 Å². The van der Waals surface area contributed by atoms with E-state index in [-0.39, 0.29) is 11.2 Å². The molecule has 2 aliphatic rings. The van der Waals surface area contributed by atoms with Crippen molar-refractivity contribution in [1.29, 1.82) is 0 Å².